The van der Waals surface area contributed by atoms with E-state index in [9.17, 15) is 23.2 Å². The van der Waals surface area contributed by atoms with E-state index in [-0.39, 0.29) is 29.3 Å². The van der Waals surface area contributed by atoms with Gasteiger partial charge in [0.25, 0.3) is 0 Å². The Morgan fingerprint density at radius 1 is 1.15 bits per heavy atom. The molecule has 0 saturated heterocycles. The molecule has 0 bridgehead atoms. The third kappa shape index (κ3) is 4.03. The van der Waals surface area contributed by atoms with Crippen molar-refractivity contribution in [3.8, 4) is 11.8 Å². The van der Waals surface area contributed by atoms with E-state index in [1.54, 1.807) is 24.3 Å². The van der Waals surface area contributed by atoms with E-state index in [0.717, 1.165) is 12.1 Å². The Kier molecular flexibility index (Phi) is 5.68. The number of alkyl halides is 3. The van der Waals surface area contributed by atoms with Crippen LogP contribution < -0.4 is 15.4 Å². The van der Waals surface area contributed by atoms with E-state index in [1.165, 1.54) is 24.1 Å². The number of rotatable bonds is 3. The Balaban J connectivity index is 1.97. The highest BCUT2D eigenvalue weighted by molar-refractivity contribution is 6.01. The molecule has 2 aromatic rings. The summed E-state index contributed by atoms with van der Waals surface area (Å²) in [5, 5.41) is 10.1. The molecule has 1 unspecified atom stereocenters. The number of benzene rings is 2. The number of nitrogens with two attached hydrogens (primary N) is 1. The normalized spacial score (nSPS) is 20.2. The Labute approximate surface area is 195 Å². The molecule has 2 N–H and O–H groups in total. The van der Waals surface area contributed by atoms with E-state index < -0.39 is 23.1 Å². The summed E-state index contributed by atoms with van der Waals surface area (Å²) in [5.41, 5.74) is 7.10. The van der Waals surface area contributed by atoms with Crippen LogP contribution in [0.15, 0.2) is 71.2 Å². The number of ketones is 1. The maximum Gasteiger partial charge on any atom is 0.416 e. The van der Waals surface area contributed by atoms with Crippen LogP contribution in [0, 0.1) is 16.7 Å². The molecular formula is C26H24F3N3O2. The molecule has 4 rings (SSSR count). The maximum absolute atomic E-state index is 13.5. The lowest BCUT2D eigenvalue weighted by atomic mass is 9.68. The van der Waals surface area contributed by atoms with Gasteiger partial charge in [-0.15, -0.1) is 0 Å². The highest BCUT2D eigenvalue weighted by Crippen LogP contribution is 2.50. The highest BCUT2D eigenvalue weighted by atomic mass is 19.4. The molecule has 1 heterocycles. The van der Waals surface area contributed by atoms with Crippen LogP contribution in [0.2, 0.25) is 0 Å². The molecule has 2 aromatic carbocycles. The van der Waals surface area contributed by atoms with Gasteiger partial charge in [-0.2, -0.15) is 18.4 Å². The summed E-state index contributed by atoms with van der Waals surface area (Å²) in [6, 6.07) is 13.9. The largest absolute Gasteiger partial charge is 0.497 e. The summed E-state index contributed by atoms with van der Waals surface area (Å²) in [4.78, 5) is 14.9. The molecule has 34 heavy (non-hydrogen) atoms. The Bertz CT molecular complexity index is 1250. The van der Waals surface area contributed by atoms with Crippen LogP contribution in [0.3, 0.4) is 0 Å². The predicted molar refractivity (Wildman–Crippen MR) is 122 cm³/mol. The van der Waals surface area contributed by atoms with Gasteiger partial charge >= 0.3 is 6.18 Å². The molecule has 1 aliphatic heterocycles. The molecule has 0 saturated carbocycles. The number of anilines is 1. The van der Waals surface area contributed by atoms with E-state index in [4.69, 9.17) is 10.5 Å². The summed E-state index contributed by atoms with van der Waals surface area (Å²) < 4.78 is 45.6. The first kappa shape index (κ1) is 23.4. The zero-order valence-electron chi connectivity index (χ0n) is 19.0. The lowest BCUT2D eigenvalue weighted by Gasteiger charge is -2.43. The molecular weight excluding hydrogens is 443 g/mol. The number of nitrogens with zero attached hydrogens (tertiary/aromatic N) is 2. The van der Waals surface area contributed by atoms with Gasteiger partial charge < -0.3 is 10.5 Å². The summed E-state index contributed by atoms with van der Waals surface area (Å²) in [6.45, 7) is 3.86. The fourth-order valence-corrected chi connectivity index (χ4v) is 4.75. The van der Waals surface area contributed by atoms with Crippen LogP contribution in [-0.2, 0) is 11.0 Å². The van der Waals surface area contributed by atoms with Crippen molar-refractivity contribution in [3.05, 3.63) is 82.3 Å². The van der Waals surface area contributed by atoms with Crippen LogP contribution in [0.25, 0.3) is 0 Å². The van der Waals surface area contributed by atoms with Gasteiger partial charge in [-0.25, -0.2) is 0 Å². The van der Waals surface area contributed by atoms with Crippen LogP contribution >= 0.6 is 0 Å². The van der Waals surface area contributed by atoms with Crippen molar-refractivity contribution in [2.45, 2.75) is 38.8 Å². The second-order valence-electron chi connectivity index (χ2n) is 9.30. The molecule has 0 radical (unpaired) electrons. The topological polar surface area (TPSA) is 79.3 Å². The minimum Gasteiger partial charge on any atom is -0.497 e. The van der Waals surface area contributed by atoms with Crippen LogP contribution in [0.1, 0.15) is 43.7 Å². The molecule has 1 atom stereocenters. The van der Waals surface area contributed by atoms with Crippen molar-refractivity contribution >= 4 is 11.5 Å². The molecule has 1 aliphatic carbocycles. The first-order valence-electron chi connectivity index (χ1n) is 10.7. The fourth-order valence-electron chi connectivity index (χ4n) is 4.75. The highest BCUT2D eigenvalue weighted by Gasteiger charge is 2.45. The van der Waals surface area contributed by atoms with Crippen molar-refractivity contribution in [3.63, 3.8) is 0 Å². The minimum absolute atomic E-state index is 0.0203. The van der Waals surface area contributed by atoms with Gasteiger partial charge in [-0.05, 0) is 47.7 Å². The standard InChI is InChI=1S/C26H24F3N3O2/c1-25(2)12-20-23(21(33)13-25)22(15-7-9-18(34-3)10-8-15)19(14-30)24(31)32(20)17-6-4-5-16(11-17)26(27,28)29/h4-11,22H,12-13,31H2,1-3H3. The number of nitriles is 1. The third-order valence-electron chi connectivity index (χ3n) is 6.26. The quantitative estimate of drug-likeness (QED) is 0.631. The number of Topliss-reactive ketones (excluding diaryl/α,β-unsaturated/α-hetero) is 1. The lowest BCUT2D eigenvalue weighted by Crippen LogP contribution is -2.42. The summed E-state index contributed by atoms with van der Waals surface area (Å²) in [5.74, 6) is -0.223. The van der Waals surface area contributed by atoms with Crippen LogP contribution in [-0.4, -0.2) is 12.9 Å². The van der Waals surface area contributed by atoms with Gasteiger partial charge in [-0.1, -0.05) is 32.0 Å². The predicted octanol–water partition coefficient (Wildman–Crippen LogP) is 5.65. The van der Waals surface area contributed by atoms with Gasteiger partial charge in [0.1, 0.15) is 11.6 Å². The zero-order chi connectivity index (χ0) is 24.8. The van der Waals surface area contributed by atoms with Gasteiger partial charge in [0, 0.05) is 23.4 Å². The van der Waals surface area contributed by atoms with E-state index >= 15 is 0 Å². The molecule has 5 nitrogen and oxygen atoms in total. The summed E-state index contributed by atoms with van der Waals surface area (Å²) in [6.07, 6.45) is -3.88. The second kappa shape index (κ2) is 8.24. The van der Waals surface area contributed by atoms with Gasteiger partial charge in [-0.3, -0.25) is 9.69 Å². The summed E-state index contributed by atoms with van der Waals surface area (Å²) >= 11 is 0. The number of carbonyl (C=O) groups excluding carboxylic acids is 1. The van der Waals surface area contributed by atoms with Crippen molar-refractivity contribution in [2.75, 3.05) is 12.0 Å². The van der Waals surface area contributed by atoms with Gasteiger partial charge in [0.05, 0.1) is 30.2 Å². The van der Waals surface area contributed by atoms with E-state index in [0.29, 0.717) is 29.0 Å². The Hall–Kier alpha value is -3.73. The smallest absolute Gasteiger partial charge is 0.416 e. The lowest BCUT2D eigenvalue weighted by molar-refractivity contribution is -0.137. The molecule has 0 spiro atoms. The molecule has 0 aromatic heterocycles. The molecule has 0 fully saturated rings. The average molecular weight is 467 g/mol. The maximum atomic E-state index is 13.5. The van der Waals surface area contributed by atoms with Crippen molar-refractivity contribution in [1.29, 1.82) is 5.26 Å². The van der Waals surface area contributed by atoms with Crippen molar-refractivity contribution < 1.29 is 22.7 Å². The Morgan fingerprint density at radius 3 is 2.41 bits per heavy atom. The van der Waals surface area contributed by atoms with Gasteiger partial charge in [0.2, 0.25) is 0 Å². The monoisotopic (exact) mass is 467 g/mol. The van der Waals surface area contributed by atoms with Crippen molar-refractivity contribution in [1.82, 2.24) is 0 Å². The third-order valence-corrected chi connectivity index (χ3v) is 6.26. The fraction of sp³-hybridized carbons (Fsp3) is 0.308. The average Bonchev–Trinajstić information content (AvgIpc) is 2.77. The first-order valence-corrected chi connectivity index (χ1v) is 10.7. The number of hydrogen-bond acceptors (Lipinski definition) is 5. The number of halogens is 3. The number of allylic oxidation sites excluding steroid dienone is 3. The first-order chi connectivity index (χ1) is 16.0. The summed E-state index contributed by atoms with van der Waals surface area (Å²) in [7, 11) is 1.54. The number of ether oxygens (including phenoxy) is 1. The number of methoxy groups -OCH3 is 1. The molecule has 2 aliphatic rings. The van der Waals surface area contributed by atoms with Crippen molar-refractivity contribution in [2.24, 2.45) is 11.1 Å². The second-order valence-corrected chi connectivity index (χ2v) is 9.30. The Morgan fingerprint density at radius 2 is 1.82 bits per heavy atom. The molecule has 8 heteroatoms. The number of carbonyl (C=O) groups is 1. The van der Waals surface area contributed by atoms with E-state index in [1.807, 2.05) is 13.8 Å². The van der Waals surface area contributed by atoms with E-state index in [2.05, 4.69) is 6.07 Å². The minimum atomic E-state index is -4.55. The molecule has 176 valence electrons. The van der Waals surface area contributed by atoms with Crippen LogP contribution in [0.5, 0.6) is 5.75 Å². The SMILES string of the molecule is COc1ccc(C2C(C#N)=C(N)N(c3cccc(C(F)(F)F)c3)C3=C2C(=O)CC(C)(C)C3)cc1. The molecule has 0 amide bonds. The number of hydrogen-bond donors (Lipinski definition) is 1. The van der Waals surface area contributed by atoms with Gasteiger partial charge in [0.15, 0.2) is 5.78 Å². The zero-order valence-corrected chi connectivity index (χ0v) is 19.0. The van der Waals surface area contributed by atoms with Crippen LogP contribution in [0.4, 0.5) is 18.9 Å².